The van der Waals surface area contributed by atoms with Crippen LogP contribution in [0, 0.1) is 6.92 Å². The van der Waals surface area contributed by atoms with Gasteiger partial charge in [0, 0.05) is 0 Å². The average Bonchev–Trinajstić information content (AvgIpc) is 2.77. The zero-order chi connectivity index (χ0) is 20.5. The molecular weight excluding hydrogens is 364 g/mol. The Bertz CT molecular complexity index is 935. The van der Waals surface area contributed by atoms with Crippen LogP contribution in [0.5, 0.6) is 17.2 Å². The minimum Gasteiger partial charge on any atom is -0.493 e. The van der Waals surface area contributed by atoms with Crippen molar-refractivity contribution in [3.63, 3.8) is 0 Å². The normalized spacial score (nSPS) is 10.7. The molecule has 3 aromatic carbocycles. The summed E-state index contributed by atoms with van der Waals surface area (Å²) in [6, 6.07) is 22.0. The van der Waals surface area contributed by atoms with Crippen LogP contribution in [0.25, 0.3) is 0 Å². The summed E-state index contributed by atoms with van der Waals surface area (Å²) in [7, 11) is 3.25. The quantitative estimate of drug-likeness (QED) is 0.424. The molecule has 1 N–H and O–H groups in total. The lowest BCUT2D eigenvalue weighted by molar-refractivity contribution is 0.306. The summed E-state index contributed by atoms with van der Waals surface area (Å²) < 4.78 is 16.4. The van der Waals surface area contributed by atoms with Crippen LogP contribution in [-0.2, 0) is 13.2 Å². The Kier molecular flexibility index (Phi) is 7.11. The maximum absolute atomic E-state index is 5.83. The molecule has 0 saturated heterocycles. The van der Waals surface area contributed by atoms with Crippen LogP contribution in [0.4, 0.5) is 0 Å². The molecule has 0 heterocycles. The van der Waals surface area contributed by atoms with Gasteiger partial charge in [-0.1, -0.05) is 35.9 Å². The van der Waals surface area contributed by atoms with Gasteiger partial charge < -0.3 is 19.6 Å². The molecule has 0 aromatic heterocycles. The summed E-state index contributed by atoms with van der Waals surface area (Å²) in [5.74, 6) is 2.25. The second-order valence-electron chi connectivity index (χ2n) is 6.63. The monoisotopic (exact) mass is 390 g/mol. The number of hydrogen-bond acceptors (Lipinski definition) is 5. The molecule has 3 aromatic rings. The van der Waals surface area contributed by atoms with Gasteiger partial charge in [0.05, 0.1) is 27.0 Å². The summed E-state index contributed by atoms with van der Waals surface area (Å²) >= 11 is 0. The molecule has 0 atom stereocenters. The molecule has 0 aliphatic heterocycles. The summed E-state index contributed by atoms with van der Waals surface area (Å²) in [5.41, 5.74) is 7.50. The highest BCUT2D eigenvalue weighted by Crippen LogP contribution is 2.27. The van der Waals surface area contributed by atoms with Gasteiger partial charge >= 0.3 is 0 Å². The molecule has 0 aliphatic carbocycles. The third-order valence-electron chi connectivity index (χ3n) is 4.44. The van der Waals surface area contributed by atoms with Crippen molar-refractivity contribution < 1.29 is 14.2 Å². The molecule has 0 bridgehead atoms. The highest BCUT2D eigenvalue weighted by atomic mass is 16.5. The molecule has 0 aliphatic rings. The number of rotatable bonds is 9. The Morgan fingerprint density at radius 3 is 2.21 bits per heavy atom. The fraction of sp³-hybridized carbons (Fsp3) is 0.208. The van der Waals surface area contributed by atoms with Crippen molar-refractivity contribution >= 4 is 6.21 Å². The van der Waals surface area contributed by atoms with Gasteiger partial charge in [-0.05, 0) is 60.0 Å². The number of methoxy groups -OCH3 is 2. The summed E-state index contributed by atoms with van der Waals surface area (Å²) in [6.07, 6.45) is 1.78. The third kappa shape index (κ3) is 6.01. The van der Waals surface area contributed by atoms with E-state index in [0.29, 0.717) is 24.7 Å². The largest absolute Gasteiger partial charge is 0.493 e. The van der Waals surface area contributed by atoms with Gasteiger partial charge in [0.15, 0.2) is 11.5 Å². The fourth-order valence-electron chi connectivity index (χ4n) is 2.75. The predicted molar refractivity (Wildman–Crippen MR) is 116 cm³/mol. The summed E-state index contributed by atoms with van der Waals surface area (Å²) in [4.78, 5) is 0. The van der Waals surface area contributed by atoms with E-state index >= 15 is 0 Å². The van der Waals surface area contributed by atoms with Crippen LogP contribution in [0.15, 0.2) is 71.8 Å². The van der Waals surface area contributed by atoms with E-state index in [-0.39, 0.29) is 0 Å². The summed E-state index contributed by atoms with van der Waals surface area (Å²) in [6.45, 7) is 3.23. The maximum Gasteiger partial charge on any atom is 0.161 e. The zero-order valence-electron chi connectivity index (χ0n) is 17.0. The minimum absolute atomic E-state index is 0.556. The SMILES string of the molecule is COc1ccc(CN/N=C/c2ccc(OCc3ccc(C)cc3)cc2)cc1OC. The molecule has 150 valence electrons. The van der Waals surface area contributed by atoms with E-state index in [4.69, 9.17) is 14.2 Å². The first-order chi connectivity index (χ1) is 14.2. The van der Waals surface area contributed by atoms with Crippen LogP contribution in [0.1, 0.15) is 22.3 Å². The Morgan fingerprint density at radius 2 is 1.52 bits per heavy atom. The molecule has 5 heteroatoms. The lowest BCUT2D eigenvalue weighted by Crippen LogP contribution is -2.06. The van der Waals surface area contributed by atoms with Crippen molar-refractivity contribution in [1.82, 2.24) is 5.43 Å². The number of hydrazone groups is 1. The first-order valence-electron chi connectivity index (χ1n) is 9.43. The van der Waals surface area contributed by atoms with Crippen LogP contribution in [-0.4, -0.2) is 20.4 Å². The highest BCUT2D eigenvalue weighted by molar-refractivity contribution is 5.79. The molecule has 0 amide bonds. The molecule has 3 rings (SSSR count). The topological polar surface area (TPSA) is 52.1 Å². The second kappa shape index (κ2) is 10.2. The lowest BCUT2D eigenvalue weighted by Gasteiger charge is -2.09. The van der Waals surface area contributed by atoms with Crippen LogP contribution in [0.2, 0.25) is 0 Å². The summed E-state index contributed by atoms with van der Waals surface area (Å²) in [5, 5.41) is 4.28. The number of nitrogens with one attached hydrogen (secondary N) is 1. The Balaban J connectivity index is 1.48. The number of benzene rings is 3. The van der Waals surface area contributed by atoms with Crippen molar-refractivity contribution in [2.75, 3.05) is 14.2 Å². The van der Waals surface area contributed by atoms with Crippen molar-refractivity contribution in [3.8, 4) is 17.2 Å². The minimum atomic E-state index is 0.556. The van der Waals surface area contributed by atoms with Gasteiger partial charge in [-0.3, -0.25) is 0 Å². The van der Waals surface area contributed by atoms with Gasteiger partial charge in [-0.2, -0.15) is 5.10 Å². The first-order valence-corrected chi connectivity index (χ1v) is 9.43. The van der Waals surface area contributed by atoms with Gasteiger partial charge in [-0.15, -0.1) is 0 Å². The smallest absolute Gasteiger partial charge is 0.161 e. The van der Waals surface area contributed by atoms with Crippen LogP contribution < -0.4 is 19.6 Å². The van der Waals surface area contributed by atoms with Crippen molar-refractivity contribution in [1.29, 1.82) is 0 Å². The van der Waals surface area contributed by atoms with Gasteiger partial charge in [0.25, 0.3) is 0 Å². The van der Waals surface area contributed by atoms with E-state index in [2.05, 4.69) is 41.7 Å². The molecule has 5 nitrogen and oxygen atoms in total. The Morgan fingerprint density at radius 1 is 0.828 bits per heavy atom. The number of ether oxygens (including phenoxy) is 3. The third-order valence-corrected chi connectivity index (χ3v) is 4.44. The molecule has 0 saturated carbocycles. The molecule has 0 unspecified atom stereocenters. The zero-order valence-corrected chi connectivity index (χ0v) is 17.0. The Labute approximate surface area is 171 Å². The average molecular weight is 390 g/mol. The fourth-order valence-corrected chi connectivity index (χ4v) is 2.75. The number of aryl methyl sites for hydroxylation is 1. The second-order valence-corrected chi connectivity index (χ2v) is 6.63. The molecular formula is C24H26N2O3. The lowest BCUT2D eigenvalue weighted by atomic mass is 10.2. The van der Waals surface area contributed by atoms with Crippen LogP contribution >= 0.6 is 0 Å². The van der Waals surface area contributed by atoms with Crippen molar-refractivity contribution in [3.05, 3.63) is 89.0 Å². The van der Waals surface area contributed by atoms with Gasteiger partial charge in [0.2, 0.25) is 0 Å². The number of hydrogen-bond donors (Lipinski definition) is 1. The van der Waals surface area contributed by atoms with E-state index < -0.39 is 0 Å². The predicted octanol–water partition coefficient (Wildman–Crippen LogP) is 4.71. The van der Waals surface area contributed by atoms with Crippen LogP contribution in [0.3, 0.4) is 0 Å². The number of nitrogens with zero attached hydrogens (tertiary/aromatic N) is 1. The van der Waals surface area contributed by atoms with E-state index in [1.165, 1.54) is 5.56 Å². The molecule has 0 fully saturated rings. The van der Waals surface area contributed by atoms with Gasteiger partial charge in [0.1, 0.15) is 12.4 Å². The maximum atomic E-state index is 5.83. The highest BCUT2D eigenvalue weighted by Gasteiger charge is 2.03. The van der Waals surface area contributed by atoms with Crippen molar-refractivity contribution in [2.24, 2.45) is 5.10 Å². The molecule has 0 radical (unpaired) electrons. The van der Waals surface area contributed by atoms with E-state index in [0.717, 1.165) is 22.4 Å². The van der Waals surface area contributed by atoms with Crippen molar-refractivity contribution in [2.45, 2.75) is 20.1 Å². The van der Waals surface area contributed by atoms with E-state index in [9.17, 15) is 0 Å². The van der Waals surface area contributed by atoms with E-state index in [1.807, 2.05) is 42.5 Å². The standard InChI is InChI=1S/C24H26N2O3/c1-18-4-6-20(7-5-18)17-29-22-11-8-19(9-12-22)15-25-26-16-21-10-13-23(27-2)24(14-21)28-3/h4-15,26H,16-17H2,1-3H3/b25-15+. The Hall–Kier alpha value is -3.47. The van der Waals surface area contributed by atoms with E-state index in [1.54, 1.807) is 20.4 Å². The van der Waals surface area contributed by atoms with Gasteiger partial charge in [-0.25, -0.2) is 0 Å². The molecule has 29 heavy (non-hydrogen) atoms. The molecule has 0 spiro atoms. The first kappa shape index (κ1) is 20.3.